The van der Waals surface area contributed by atoms with Crippen LogP contribution in [0.4, 0.5) is 0 Å². The summed E-state index contributed by atoms with van der Waals surface area (Å²) in [6.45, 7) is 1.24. The lowest BCUT2D eigenvalue weighted by molar-refractivity contribution is 0.0493. The van der Waals surface area contributed by atoms with Crippen LogP contribution in [0, 0.1) is 0 Å². The summed E-state index contributed by atoms with van der Waals surface area (Å²) in [5, 5.41) is 9.41. The molecule has 1 N–H and O–H groups in total. The molecule has 0 radical (unpaired) electrons. The molecule has 0 heterocycles. The maximum absolute atomic E-state index is 11.7. The van der Waals surface area contributed by atoms with E-state index in [0.717, 1.165) is 13.0 Å². The molecule has 0 fully saturated rings. The summed E-state index contributed by atoms with van der Waals surface area (Å²) in [5.41, 5.74) is 0.370. The van der Waals surface area contributed by atoms with E-state index < -0.39 is 5.97 Å². The Labute approximate surface area is 107 Å². The molecule has 0 spiro atoms. The normalized spacial score (nSPS) is 10.4. The molecule has 1 aromatic carbocycles. The van der Waals surface area contributed by atoms with Crippen LogP contribution in [0.2, 0.25) is 0 Å². The lowest BCUT2D eigenvalue weighted by atomic mass is 10.2. The van der Waals surface area contributed by atoms with Crippen LogP contribution < -0.4 is 4.74 Å². The van der Waals surface area contributed by atoms with E-state index in [2.05, 4.69) is 0 Å². The highest BCUT2D eigenvalue weighted by molar-refractivity contribution is 5.90. The number of carbonyl (C=O) groups is 1. The number of esters is 1. The minimum absolute atomic E-state index is 0.00153. The number of methoxy groups -OCH3 is 1. The standard InChI is InChI=1S/C13H19NO4/c1-14(2)7-4-8-18-13(16)10-5-6-11(15)12(9-10)17-3/h5-6,9,15H,4,7-8H2,1-3H3. The highest BCUT2D eigenvalue weighted by atomic mass is 16.5. The zero-order valence-electron chi connectivity index (χ0n) is 11.0. The predicted molar refractivity (Wildman–Crippen MR) is 68.1 cm³/mol. The van der Waals surface area contributed by atoms with Gasteiger partial charge in [0, 0.05) is 6.54 Å². The molecule has 5 nitrogen and oxygen atoms in total. The Morgan fingerprint density at radius 1 is 1.39 bits per heavy atom. The molecule has 0 aliphatic rings. The first-order valence-corrected chi connectivity index (χ1v) is 5.73. The Bertz CT molecular complexity index is 404. The zero-order chi connectivity index (χ0) is 13.5. The number of hydrogen-bond donors (Lipinski definition) is 1. The fourth-order valence-electron chi connectivity index (χ4n) is 1.43. The van der Waals surface area contributed by atoms with Crippen LogP contribution in [0.5, 0.6) is 11.5 Å². The van der Waals surface area contributed by atoms with Crippen LogP contribution in [0.3, 0.4) is 0 Å². The van der Waals surface area contributed by atoms with Gasteiger partial charge < -0.3 is 19.5 Å². The minimum Gasteiger partial charge on any atom is -0.504 e. The van der Waals surface area contributed by atoms with E-state index >= 15 is 0 Å². The second-order valence-electron chi connectivity index (χ2n) is 4.18. The van der Waals surface area contributed by atoms with Gasteiger partial charge in [0.25, 0.3) is 0 Å². The van der Waals surface area contributed by atoms with E-state index in [-0.39, 0.29) is 11.5 Å². The second-order valence-corrected chi connectivity index (χ2v) is 4.18. The third-order valence-electron chi connectivity index (χ3n) is 2.40. The van der Waals surface area contributed by atoms with Crippen LogP contribution in [-0.4, -0.2) is 50.3 Å². The highest BCUT2D eigenvalue weighted by Gasteiger charge is 2.10. The van der Waals surface area contributed by atoms with Crippen molar-refractivity contribution in [2.45, 2.75) is 6.42 Å². The van der Waals surface area contributed by atoms with Gasteiger partial charge in [0.2, 0.25) is 0 Å². The molecule has 0 amide bonds. The Hall–Kier alpha value is -1.75. The van der Waals surface area contributed by atoms with E-state index in [1.54, 1.807) is 0 Å². The Morgan fingerprint density at radius 2 is 2.11 bits per heavy atom. The number of rotatable bonds is 6. The van der Waals surface area contributed by atoms with Crippen molar-refractivity contribution in [3.63, 3.8) is 0 Å². The predicted octanol–water partition coefficient (Wildman–Crippen LogP) is 1.51. The molecule has 18 heavy (non-hydrogen) atoms. The molecule has 5 heteroatoms. The highest BCUT2D eigenvalue weighted by Crippen LogP contribution is 2.26. The van der Waals surface area contributed by atoms with E-state index in [1.807, 2.05) is 19.0 Å². The number of phenolic OH excluding ortho intramolecular Hbond substituents is 1. The van der Waals surface area contributed by atoms with Gasteiger partial charge in [-0.05, 0) is 38.7 Å². The molecule has 0 aliphatic heterocycles. The summed E-state index contributed by atoms with van der Waals surface area (Å²) in [6, 6.07) is 4.38. The first-order chi connectivity index (χ1) is 8.54. The smallest absolute Gasteiger partial charge is 0.338 e. The summed E-state index contributed by atoms with van der Waals surface area (Å²) in [6.07, 6.45) is 0.786. The molecule has 0 unspecified atom stereocenters. The molecule has 1 rings (SSSR count). The zero-order valence-corrected chi connectivity index (χ0v) is 11.0. The molecule has 100 valence electrons. The number of phenols is 1. The lowest BCUT2D eigenvalue weighted by Gasteiger charge is -2.10. The van der Waals surface area contributed by atoms with E-state index in [0.29, 0.717) is 12.2 Å². The quantitative estimate of drug-likeness (QED) is 0.615. The Morgan fingerprint density at radius 3 is 2.72 bits per heavy atom. The van der Waals surface area contributed by atoms with Crippen molar-refractivity contribution in [1.82, 2.24) is 4.90 Å². The summed E-state index contributed by atoms with van der Waals surface area (Å²) < 4.78 is 10.0. The number of nitrogens with zero attached hydrogens (tertiary/aromatic N) is 1. The molecular weight excluding hydrogens is 234 g/mol. The van der Waals surface area contributed by atoms with Crippen molar-refractivity contribution >= 4 is 5.97 Å². The van der Waals surface area contributed by atoms with Gasteiger partial charge in [0.05, 0.1) is 19.3 Å². The Balaban J connectivity index is 2.51. The average Bonchev–Trinajstić information content (AvgIpc) is 2.34. The SMILES string of the molecule is COc1cc(C(=O)OCCCN(C)C)ccc1O. The van der Waals surface area contributed by atoms with E-state index in [4.69, 9.17) is 9.47 Å². The lowest BCUT2D eigenvalue weighted by Crippen LogP contribution is -2.16. The summed E-state index contributed by atoms with van der Waals surface area (Å²) >= 11 is 0. The first-order valence-electron chi connectivity index (χ1n) is 5.73. The van der Waals surface area contributed by atoms with E-state index in [1.165, 1.54) is 25.3 Å². The maximum Gasteiger partial charge on any atom is 0.338 e. The van der Waals surface area contributed by atoms with Crippen LogP contribution >= 0.6 is 0 Å². The summed E-state index contributed by atoms with van der Waals surface area (Å²) in [7, 11) is 5.36. The van der Waals surface area contributed by atoms with Gasteiger partial charge in [-0.15, -0.1) is 0 Å². The molecule has 0 saturated carbocycles. The van der Waals surface area contributed by atoms with Crippen molar-refractivity contribution < 1.29 is 19.4 Å². The molecule has 0 aromatic heterocycles. The average molecular weight is 253 g/mol. The molecular formula is C13H19NO4. The van der Waals surface area contributed by atoms with Crippen LogP contribution in [0.15, 0.2) is 18.2 Å². The van der Waals surface area contributed by atoms with Crippen LogP contribution in [-0.2, 0) is 4.74 Å². The fourth-order valence-corrected chi connectivity index (χ4v) is 1.43. The van der Waals surface area contributed by atoms with E-state index in [9.17, 15) is 9.90 Å². The Kier molecular flexibility index (Phi) is 5.45. The number of carbonyl (C=O) groups excluding carboxylic acids is 1. The summed E-state index contributed by atoms with van der Waals surface area (Å²) in [4.78, 5) is 13.7. The van der Waals surface area contributed by atoms with Crippen LogP contribution in [0.25, 0.3) is 0 Å². The number of ether oxygens (including phenoxy) is 2. The van der Waals surface area contributed by atoms with Crippen LogP contribution in [0.1, 0.15) is 16.8 Å². The van der Waals surface area contributed by atoms with Gasteiger partial charge in [-0.3, -0.25) is 0 Å². The third-order valence-corrected chi connectivity index (χ3v) is 2.40. The molecule has 0 atom stereocenters. The molecule has 1 aromatic rings. The number of aromatic hydroxyl groups is 1. The van der Waals surface area contributed by atoms with Crippen molar-refractivity contribution in [3.05, 3.63) is 23.8 Å². The van der Waals surface area contributed by atoms with Crippen molar-refractivity contribution in [2.75, 3.05) is 34.4 Å². The largest absolute Gasteiger partial charge is 0.504 e. The van der Waals surface area contributed by atoms with Crippen molar-refractivity contribution in [2.24, 2.45) is 0 Å². The van der Waals surface area contributed by atoms with Gasteiger partial charge in [-0.2, -0.15) is 0 Å². The van der Waals surface area contributed by atoms with Crippen molar-refractivity contribution in [1.29, 1.82) is 0 Å². The van der Waals surface area contributed by atoms with Gasteiger partial charge in [0.15, 0.2) is 11.5 Å². The van der Waals surface area contributed by atoms with Crippen molar-refractivity contribution in [3.8, 4) is 11.5 Å². The van der Waals surface area contributed by atoms with Gasteiger partial charge in [-0.25, -0.2) is 4.79 Å². The first kappa shape index (κ1) is 14.3. The molecule has 0 saturated heterocycles. The topological polar surface area (TPSA) is 59.0 Å². The van der Waals surface area contributed by atoms with Gasteiger partial charge >= 0.3 is 5.97 Å². The van der Waals surface area contributed by atoms with Gasteiger partial charge in [-0.1, -0.05) is 0 Å². The third kappa shape index (κ3) is 4.25. The minimum atomic E-state index is -0.410. The maximum atomic E-state index is 11.7. The monoisotopic (exact) mass is 253 g/mol. The molecule has 0 aliphatic carbocycles. The second kappa shape index (κ2) is 6.86. The number of hydrogen-bond acceptors (Lipinski definition) is 5. The summed E-state index contributed by atoms with van der Waals surface area (Å²) in [5.74, 6) is -0.147. The molecule has 0 bridgehead atoms. The van der Waals surface area contributed by atoms with Gasteiger partial charge in [0.1, 0.15) is 0 Å². The fraction of sp³-hybridized carbons (Fsp3) is 0.462. The number of benzene rings is 1.